The van der Waals surface area contributed by atoms with E-state index in [-0.39, 0.29) is 82.4 Å². The quantitative estimate of drug-likeness (QED) is 0.0766. The van der Waals surface area contributed by atoms with Crippen LogP contribution in [0.15, 0.2) is 83.4 Å². The minimum Gasteiger partial charge on any atom is -0.480 e. The summed E-state index contributed by atoms with van der Waals surface area (Å²) in [4.78, 5) is 123. The number of oxazole rings is 1. The van der Waals surface area contributed by atoms with Gasteiger partial charge in [0.1, 0.15) is 11.6 Å². The van der Waals surface area contributed by atoms with Gasteiger partial charge in [-0.05, 0) is 66.4 Å². The van der Waals surface area contributed by atoms with Crippen molar-refractivity contribution in [3.8, 4) is 11.1 Å². The maximum Gasteiger partial charge on any atom is 0.317 e. The highest BCUT2D eigenvalue weighted by Crippen LogP contribution is 2.27. The number of fused-ring (bicyclic) bond motifs is 2. The first kappa shape index (κ1) is 54.6. The first-order chi connectivity index (χ1) is 36.7. The van der Waals surface area contributed by atoms with Crippen LogP contribution in [0.3, 0.4) is 0 Å². The molecule has 0 radical (unpaired) electrons. The van der Waals surface area contributed by atoms with Crippen LogP contribution in [0.25, 0.3) is 33.1 Å². The monoisotopic (exact) mass is 1050 g/mol. The Labute approximate surface area is 438 Å². The second-order valence-corrected chi connectivity index (χ2v) is 19.2. The van der Waals surface area contributed by atoms with Crippen LogP contribution in [-0.2, 0) is 24.0 Å². The van der Waals surface area contributed by atoms with Gasteiger partial charge in [-0.3, -0.25) is 67.8 Å². The van der Waals surface area contributed by atoms with Crippen molar-refractivity contribution in [2.75, 3.05) is 131 Å². The van der Waals surface area contributed by atoms with Gasteiger partial charge in [0.15, 0.2) is 5.58 Å². The average Bonchev–Trinajstić information content (AvgIpc) is 4.09. The fraction of sp³-hybridized carbons (Fsp3) is 0.434. The van der Waals surface area contributed by atoms with Crippen LogP contribution >= 0.6 is 0 Å². The van der Waals surface area contributed by atoms with E-state index in [1.807, 2.05) is 29.2 Å². The van der Waals surface area contributed by atoms with Gasteiger partial charge in [0, 0.05) is 115 Å². The number of likely N-dealkylation sites (tertiary alicyclic amines) is 1. The van der Waals surface area contributed by atoms with Crippen LogP contribution < -0.4 is 10.6 Å². The largest absolute Gasteiger partial charge is 0.480 e. The Kier molecular flexibility index (Phi) is 18.4. The highest BCUT2D eigenvalue weighted by Gasteiger charge is 2.37. The van der Waals surface area contributed by atoms with Crippen LogP contribution in [-0.4, -0.2) is 244 Å². The van der Waals surface area contributed by atoms with Crippen LogP contribution in [0.2, 0.25) is 0 Å². The Hall–Kier alpha value is -7.70. The van der Waals surface area contributed by atoms with Crippen molar-refractivity contribution in [2.45, 2.75) is 18.9 Å². The molecule has 23 heteroatoms. The van der Waals surface area contributed by atoms with Crippen LogP contribution in [0.4, 0.5) is 0 Å². The second kappa shape index (κ2) is 25.7. The lowest BCUT2D eigenvalue weighted by Crippen LogP contribution is -2.53. The molecule has 76 heavy (non-hydrogen) atoms. The van der Waals surface area contributed by atoms with Gasteiger partial charge in [-0.25, -0.2) is 4.98 Å². The molecule has 1 unspecified atom stereocenters. The zero-order valence-electron chi connectivity index (χ0n) is 42.2. The number of piperazine rings is 1. The maximum absolute atomic E-state index is 13.6. The number of carbonyl (C=O) groups is 8. The van der Waals surface area contributed by atoms with E-state index in [0.29, 0.717) is 118 Å². The van der Waals surface area contributed by atoms with E-state index >= 15 is 0 Å². The number of aromatic nitrogens is 2. The van der Waals surface area contributed by atoms with Gasteiger partial charge in [0.25, 0.3) is 17.7 Å². The number of nitrogens with zero attached hydrogens (tertiary/aromatic N) is 9. The molecule has 3 aliphatic heterocycles. The summed E-state index contributed by atoms with van der Waals surface area (Å²) in [6, 6.07) is 20.5. The molecule has 3 fully saturated rings. The number of para-hydroxylation sites is 2. The van der Waals surface area contributed by atoms with Crippen molar-refractivity contribution in [3.05, 3.63) is 96.0 Å². The smallest absolute Gasteiger partial charge is 0.317 e. The van der Waals surface area contributed by atoms with E-state index in [1.165, 1.54) is 11.1 Å². The van der Waals surface area contributed by atoms with Crippen molar-refractivity contribution in [1.29, 1.82) is 0 Å². The molecule has 1 atom stereocenters. The highest BCUT2D eigenvalue weighted by molar-refractivity contribution is 6.08. The standard InChI is InChI=1S/C53H63N11O12/c65-45(64-16-3-5-43(64)50(73)53-57-42-4-1-2-6-44(42)76-53)31-56-52(75)39-13-14-54-41-12-11-38(30-40(39)41)36-7-9-37(10-8-36)51(74)55-15-17-58-26-28-63(29-27-58)46(66)32-59-18-20-60(33-47(67)68)22-24-62(35-49(71)72)25-23-61(21-19-59)34-48(69)70/h1-2,4,6-14,30,43H,3,5,15-29,31-35H2,(H,55,74)(H,56,75)(H,67,68)(H,69,70)(H,71,72). The molecule has 0 spiro atoms. The number of carboxylic acids is 3. The Morgan fingerprint density at radius 2 is 1.16 bits per heavy atom. The molecule has 0 saturated carbocycles. The van der Waals surface area contributed by atoms with Gasteiger partial charge in [0.05, 0.1) is 43.8 Å². The Bertz CT molecular complexity index is 2860. The van der Waals surface area contributed by atoms with Crippen LogP contribution in [0.5, 0.6) is 0 Å². The Balaban J connectivity index is 0.792. The van der Waals surface area contributed by atoms with Crippen molar-refractivity contribution >= 4 is 69.3 Å². The third-order valence-electron chi connectivity index (χ3n) is 14.1. The summed E-state index contributed by atoms with van der Waals surface area (Å²) < 4.78 is 5.68. The lowest BCUT2D eigenvalue weighted by atomic mass is 9.99. The molecule has 0 aliphatic carbocycles. The molecule has 3 aliphatic rings. The minimum absolute atomic E-state index is 0.0516. The molecule has 3 aromatic carbocycles. The minimum atomic E-state index is -1.03. The normalized spacial score (nSPS) is 18.0. The van der Waals surface area contributed by atoms with Crippen LogP contribution in [0, 0.1) is 0 Å². The summed E-state index contributed by atoms with van der Waals surface area (Å²) in [5.74, 6) is -4.72. The number of Topliss-reactive ketones (excluding diaryl/α,β-unsaturated/α-hetero) is 1. The van der Waals surface area contributed by atoms with Gasteiger partial charge in [-0.15, -0.1) is 0 Å². The summed E-state index contributed by atoms with van der Waals surface area (Å²) in [5, 5.41) is 34.8. The first-order valence-electron chi connectivity index (χ1n) is 25.5. The number of aliphatic carboxylic acids is 3. The molecule has 2 aromatic heterocycles. The van der Waals surface area contributed by atoms with Crippen molar-refractivity contribution in [2.24, 2.45) is 0 Å². The van der Waals surface area contributed by atoms with E-state index in [4.69, 9.17) is 4.42 Å². The zero-order chi connectivity index (χ0) is 53.7. The summed E-state index contributed by atoms with van der Waals surface area (Å²) in [5.41, 5.74) is 3.97. The summed E-state index contributed by atoms with van der Waals surface area (Å²) in [6.07, 6.45) is 2.61. The Morgan fingerprint density at radius 1 is 0.579 bits per heavy atom. The lowest BCUT2D eigenvalue weighted by Gasteiger charge is -2.37. The molecule has 3 saturated heterocycles. The van der Waals surface area contributed by atoms with Crippen molar-refractivity contribution < 1.29 is 58.1 Å². The van der Waals surface area contributed by atoms with E-state index < -0.39 is 35.8 Å². The molecule has 0 bridgehead atoms. The summed E-state index contributed by atoms with van der Waals surface area (Å²) in [6.45, 7) is 4.94. The lowest BCUT2D eigenvalue weighted by molar-refractivity contribution is -0.141. The average molecular weight is 1050 g/mol. The topological polar surface area (TPSA) is 283 Å². The summed E-state index contributed by atoms with van der Waals surface area (Å²) >= 11 is 0. The van der Waals surface area contributed by atoms with Crippen molar-refractivity contribution in [1.82, 2.24) is 54.9 Å². The van der Waals surface area contributed by atoms with E-state index in [2.05, 4.69) is 25.5 Å². The first-order valence-corrected chi connectivity index (χ1v) is 25.5. The predicted molar refractivity (Wildman–Crippen MR) is 277 cm³/mol. The third-order valence-corrected chi connectivity index (χ3v) is 14.1. The molecule has 5 heterocycles. The molecular formula is C53H63N11O12. The van der Waals surface area contributed by atoms with Gasteiger partial charge < -0.3 is 40.2 Å². The fourth-order valence-corrected chi connectivity index (χ4v) is 9.88. The van der Waals surface area contributed by atoms with Gasteiger partial charge in [-0.2, -0.15) is 0 Å². The van der Waals surface area contributed by atoms with Crippen molar-refractivity contribution in [3.63, 3.8) is 0 Å². The SMILES string of the molecule is O=C(O)CN1CCN(CC(=O)O)CCN(CC(=O)N2CCN(CCNC(=O)c3ccc(-c4ccc5nccc(C(=O)NCC(=O)N6CCCC6C(=O)c6nc7ccccc7o6)c5c4)cc3)CC2)CCN(CC(=O)O)CC1. The number of benzene rings is 3. The number of nitrogens with one attached hydrogen (secondary N) is 2. The van der Waals surface area contributed by atoms with Gasteiger partial charge >= 0.3 is 17.9 Å². The molecule has 402 valence electrons. The summed E-state index contributed by atoms with van der Waals surface area (Å²) in [7, 11) is 0. The number of ketones is 1. The number of carboxylic acid groups (broad SMARTS) is 3. The van der Waals surface area contributed by atoms with E-state index in [0.717, 1.165) is 11.1 Å². The number of carbonyl (C=O) groups excluding carboxylic acids is 5. The number of hydrogen-bond acceptors (Lipinski definition) is 16. The molecule has 5 aromatic rings. The maximum atomic E-state index is 13.6. The zero-order valence-corrected chi connectivity index (χ0v) is 42.2. The second-order valence-electron chi connectivity index (χ2n) is 19.2. The number of hydrogen-bond donors (Lipinski definition) is 5. The molecule has 8 rings (SSSR count). The number of amides is 4. The fourth-order valence-electron chi connectivity index (χ4n) is 9.88. The number of pyridine rings is 1. The molecular weight excluding hydrogens is 983 g/mol. The Morgan fingerprint density at radius 3 is 1.76 bits per heavy atom. The molecule has 23 nitrogen and oxygen atoms in total. The van der Waals surface area contributed by atoms with Gasteiger partial charge in [-0.1, -0.05) is 30.3 Å². The van der Waals surface area contributed by atoms with Crippen LogP contribution in [0.1, 0.15) is 44.2 Å². The molecule has 4 amide bonds. The van der Waals surface area contributed by atoms with E-state index in [9.17, 15) is 53.7 Å². The third kappa shape index (κ3) is 14.6. The molecule has 5 N–H and O–H groups in total. The predicted octanol–water partition coefficient (Wildman–Crippen LogP) is 0.996. The highest BCUT2D eigenvalue weighted by atomic mass is 16.4. The van der Waals surface area contributed by atoms with Gasteiger partial charge in [0.2, 0.25) is 17.6 Å². The van der Waals surface area contributed by atoms with E-state index in [1.54, 1.807) is 68.1 Å². The number of rotatable bonds is 18.